The van der Waals surface area contributed by atoms with Crippen molar-refractivity contribution >= 4 is 38.8 Å². The Balaban J connectivity index is 2.42. The molecule has 0 radical (unpaired) electrons. The molecule has 0 spiro atoms. The van der Waals surface area contributed by atoms with Crippen molar-refractivity contribution in [3.8, 4) is 10.4 Å². The molecular weight excluding hydrogens is 330 g/mol. The van der Waals surface area contributed by atoms with Gasteiger partial charge in [0.2, 0.25) is 5.91 Å². The van der Waals surface area contributed by atoms with Gasteiger partial charge in [-0.25, -0.2) is 4.98 Å². The van der Waals surface area contributed by atoms with Crippen LogP contribution in [0.15, 0.2) is 22.3 Å². The van der Waals surface area contributed by atoms with E-state index in [4.69, 9.17) is 5.73 Å². The smallest absolute Gasteiger partial charge is 0.263 e. The van der Waals surface area contributed by atoms with E-state index in [1.807, 2.05) is 31.4 Å². The number of thiophene rings is 2. The Kier molecular flexibility index (Phi) is 4.08. The molecule has 0 saturated carbocycles. The molecule has 1 amide bonds. The first kappa shape index (κ1) is 15.9. The van der Waals surface area contributed by atoms with Crippen molar-refractivity contribution in [2.24, 2.45) is 5.73 Å². The summed E-state index contributed by atoms with van der Waals surface area (Å²) in [6, 6.07) is 3.24. The van der Waals surface area contributed by atoms with Gasteiger partial charge in [0, 0.05) is 21.7 Å². The summed E-state index contributed by atoms with van der Waals surface area (Å²) in [7, 11) is 0. The van der Waals surface area contributed by atoms with Gasteiger partial charge < -0.3 is 5.73 Å². The minimum Gasteiger partial charge on any atom is -0.368 e. The first-order valence-electron chi connectivity index (χ1n) is 7.33. The van der Waals surface area contributed by atoms with E-state index in [1.165, 1.54) is 15.9 Å². The largest absolute Gasteiger partial charge is 0.368 e. The highest BCUT2D eigenvalue weighted by Gasteiger charge is 2.23. The second kappa shape index (κ2) is 5.90. The average molecular weight is 347 g/mol. The van der Waals surface area contributed by atoms with Crippen LogP contribution in [0.1, 0.15) is 30.6 Å². The molecule has 5 nitrogen and oxygen atoms in total. The van der Waals surface area contributed by atoms with Crippen LogP contribution >= 0.6 is 22.7 Å². The van der Waals surface area contributed by atoms with Gasteiger partial charge in [0.05, 0.1) is 5.39 Å². The van der Waals surface area contributed by atoms with Gasteiger partial charge in [0.25, 0.3) is 5.56 Å². The molecular formula is C16H17N3O2S2. The van der Waals surface area contributed by atoms with Crippen molar-refractivity contribution in [3.05, 3.63) is 38.6 Å². The zero-order chi connectivity index (χ0) is 16.7. The summed E-state index contributed by atoms with van der Waals surface area (Å²) < 4.78 is 1.44. The molecule has 0 fully saturated rings. The zero-order valence-corrected chi connectivity index (χ0v) is 14.8. The van der Waals surface area contributed by atoms with Gasteiger partial charge in [-0.3, -0.25) is 14.2 Å². The van der Waals surface area contributed by atoms with Gasteiger partial charge in [-0.1, -0.05) is 13.0 Å². The number of carbonyl (C=O) groups excluding carboxylic acids is 1. The van der Waals surface area contributed by atoms with Crippen molar-refractivity contribution < 1.29 is 4.79 Å². The lowest BCUT2D eigenvalue weighted by molar-refractivity contribution is -0.120. The maximum absolute atomic E-state index is 13.1. The zero-order valence-electron chi connectivity index (χ0n) is 13.1. The Morgan fingerprint density at radius 1 is 1.48 bits per heavy atom. The SMILES string of the molecule is CCc1nc2sc(C)c(-c3cccs3)c2c(=O)n1C(C)C(N)=O. The standard InChI is InChI=1S/C16H17N3O2S2/c1-4-11-18-15-13(16(21)19(11)8(2)14(17)20)12(9(3)23-15)10-6-5-7-22-10/h5-8H,4H2,1-3H3,(H2,17,20). The van der Waals surface area contributed by atoms with Gasteiger partial charge in [-0.05, 0) is 25.3 Å². The third-order valence-corrected chi connectivity index (χ3v) is 5.78. The molecule has 3 rings (SSSR count). The molecule has 3 aromatic rings. The first-order valence-corrected chi connectivity index (χ1v) is 9.03. The minimum atomic E-state index is -0.717. The topological polar surface area (TPSA) is 78.0 Å². The lowest BCUT2D eigenvalue weighted by Crippen LogP contribution is -2.34. The first-order chi connectivity index (χ1) is 11.0. The Bertz CT molecular complexity index is 939. The van der Waals surface area contributed by atoms with Crippen LogP contribution in [-0.4, -0.2) is 15.5 Å². The van der Waals surface area contributed by atoms with Crippen LogP contribution in [0.3, 0.4) is 0 Å². The van der Waals surface area contributed by atoms with Crippen LogP contribution < -0.4 is 11.3 Å². The summed E-state index contributed by atoms with van der Waals surface area (Å²) in [5, 5.41) is 2.57. The minimum absolute atomic E-state index is 0.189. The number of primary amides is 1. The van der Waals surface area contributed by atoms with Crippen molar-refractivity contribution in [1.82, 2.24) is 9.55 Å². The Morgan fingerprint density at radius 2 is 2.22 bits per heavy atom. The second-order valence-electron chi connectivity index (χ2n) is 5.33. The quantitative estimate of drug-likeness (QED) is 0.788. The van der Waals surface area contributed by atoms with Crippen LogP contribution in [-0.2, 0) is 11.2 Å². The number of carbonyl (C=O) groups is 1. The third kappa shape index (κ3) is 2.49. The molecule has 0 saturated heterocycles. The summed E-state index contributed by atoms with van der Waals surface area (Å²) >= 11 is 3.10. The van der Waals surface area contributed by atoms with E-state index in [1.54, 1.807) is 18.3 Å². The molecule has 2 N–H and O–H groups in total. The predicted octanol–water partition coefficient (Wildman–Crippen LogP) is 3.10. The Labute approximate surface area is 141 Å². The summed E-state index contributed by atoms with van der Waals surface area (Å²) in [5.41, 5.74) is 6.15. The van der Waals surface area contributed by atoms with Crippen LogP contribution in [0.4, 0.5) is 0 Å². The lowest BCUT2D eigenvalue weighted by Gasteiger charge is -2.16. The van der Waals surface area contributed by atoms with Crippen molar-refractivity contribution in [2.75, 3.05) is 0 Å². The van der Waals surface area contributed by atoms with Crippen LogP contribution in [0.25, 0.3) is 20.7 Å². The van der Waals surface area contributed by atoms with E-state index < -0.39 is 11.9 Å². The number of amides is 1. The van der Waals surface area contributed by atoms with Crippen molar-refractivity contribution in [3.63, 3.8) is 0 Å². The molecule has 0 aliphatic heterocycles. The fourth-order valence-electron chi connectivity index (χ4n) is 2.71. The Hall–Kier alpha value is -1.99. The van der Waals surface area contributed by atoms with Crippen LogP contribution in [0.5, 0.6) is 0 Å². The molecule has 23 heavy (non-hydrogen) atoms. The molecule has 3 aromatic heterocycles. The van der Waals surface area contributed by atoms with E-state index in [2.05, 4.69) is 4.98 Å². The molecule has 0 aliphatic carbocycles. The summed E-state index contributed by atoms with van der Waals surface area (Å²) in [4.78, 5) is 32.2. The summed E-state index contributed by atoms with van der Waals surface area (Å²) in [6.45, 7) is 5.55. The molecule has 120 valence electrons. The molecule has 0 aliphatic rings. The molecule has 1 unspecified atom stereocenters. The number of hydrogen-bond donors (Lipinski definition) is 1. The number of fused-ring (bicyclic) bond motifs is 1. The van der Waals surface area contributed by atoms with E-state index in [0.29, 0.717) is 17.6 Å². The maximum Gasteiger partial charge on any atom is 0.263 e. The molecule has 0 bridgehead atoms. The number of aromatic nitrogens is 2. The van der Waals surface area contributed by atoms with E-state index in [9.17, 15) is 9.59 Å². The Morgan fingerprint density at radius 3 is 2.78 bits per heavy atom. The molecule has 3 heterocycles. The molecule has 0 aromatic carbocycles. The number of rotatable bonds is 4. The second-order valence-corrected chi connectivity index (χ2v) is 7.48. The van der Waals surface area contributed by atoms with E-state index in [-0.39, 0.29) is 5.56 Å². The summed E-state index contributed by atoms with van der Waals surface area (Å²) in [5.74, 6) is 0.0559. The number of hydrogen-bond acceptors (Lipinski definition) is 5. The van der Waals surface area contributed by atoms with Gasteiger partial charge in [-0.15, -0.1) is 22.7 Å². The van der Waals surface area contributed by atoms with Crippen LogP contribution in [0, 0.1) is 6.92 Å². The highest BCUT2D eigenvalue weighted by Crippen LogP contribution is 2.38. The number of aryl methyl sites for hydroxylation is 2. The monoisotopic (exact) mass is 347 g/mol. The van der Waals surface area contributed by atoms with Gasteiger partial charge in [0.1, 0.15) is 16.7 Å². The predicted molar refractivity (Wildman–Crippen MR) is 95.2 cm³/mol. The maximum atomic E-state index is 13.1. The highest BCUT2D eigenvalue weighted by molar-refractivity contribution is 7.20. The fraction of sp³-hybridized carbons (Fsp3) is 0.312. The average Bonchev–Trinajstić information content (AvgIpc) is 3.12. The van der Waals surface area contributed by atoms with E-state index in [0.717, 1.165) is 20.1 Å². The van der Waals surface area contributed by atoms with Gasteiger partial charge >= 0.3 is 0 Å². The number of nitrogens with two attached hydrogens (primary N) is 1. The van der Waals surface area contributed by atoms with Crippen LogP contribution in [0.2, 0.25) is 0 Å². The van der Waals surface area contributed by atoms with Gasteiger partial charge in [0.15, 0.2) is 0 Å². The highest BCUT2D eigenvalue weighted by atomic mass is 32.1. The van der Waals surface area contributed by atoms with E-state index >= 15 is 0 Å². The number of nitrogens with zero attached hydrogens (tertiary/aromatic N) is 2. The van der Waals surface area contributed by atoms with Crippen molar-refractivity contribution in [2.45, 2.75) is 33.2 Å². The fourth-order valence-corrected chi connectivity index (χ4v) is 4.65. The normalized spacial score (nSPS) is 12.7. The van der Waals surface area contributed by atoms with Crippen molar-refractivity contribution in [1.29, 1.82) is 0 Å². The van der Waals surface area contributed by atoms with Gasteiger partial charge in [-0.2, -0.15) is 0 Å². The third-order valence-electron chi connectivity index (χ3n) is 3.89. The molecule has 1 atom stereocenters. The summed E-state index contributed by atoms with van der Waals surface area (Å²) in [6.07, 6.45) is 0.564. The molecule has 7 heteroatoms. The lowest BCUT2D eigenvalue weighted by atomic mass is 10.1.